The summed E-state index contributed by atoms with van der Waals surface area (Å²) in [6, 6.07) is 9.75. The summed E-state index contributed by atoms with van der Waals surface area (Å²) < 4.78 is 5.12. The van der Waals surface area contributed by atoms with Crippen LogP contribution in [0.15, 0.2) is 41.0 Å². The van der Waals surface area contributed by atoms with Gasteiger partial charge in [0.2, 0.25) is 0 Å². The summed E-state index contributed by atoms with van der Waals surface area (Å²) in [5.41, 5.74) is 6.31. The Bertz CT molecular complexity index is 462. The first-order chi connectivity index (χ1) is 7.25. The normalized spacial score (nSPS) is 10.1. The van der Waals surface area contributed by atoms with Gasteiger partial charge in [0.25, 0.3) is 5.91 Å². The molecular weight excluding hydrogens is 192 g/mol. The zero-order valence-corrected chi connectivity index (χ0v) is 8.01. The lowest BCUT2D eigenvalue weighted by Crippen LogP contribution is -2.11. The molecule has 15 heavy (non-hydrogen) atoms. The zero-order chi connectivity index (χ0) is 10.7. The van der Waals surface area contributed by atoms with Crippen LogP contribution in [-0.2, 0) is 6.42 Å². The molecule has 1 heterocycles. The standard InChI is InChI=1S/C11H10N2O2/c12-11(14)9-7-15-10(13-9)6-8-4-2-1-3-5-8/h1-5,7H,6H2,(H2,12,14). The average Bonchev–Trinajstić information content (AvgIpc) is 2.68. The van der Waals surface area contributed by atoms with Gasteiger partial charge in [-0.2, -0.15) is 0 Å². The zero-order valence-electron chi connectivity index (χ0n) is 8.01. The van der Waals surface area contributed by atoms with Crippen molar-refractivity contribution in [3.05, 3.63) is 53.7 Å². The van der Waals surface area contributed by atoms with E-state index >= 15 is 0 Å². The van der Waals surface area contributed by atoms with Crippen LogP contribution in [0.25, 0.3) is 0 Å². The van der Waals surface area contributed by atoms with Crippen LogP contribution in [0.4, 0.5) is 0 Å². The molecule has 2 N–H and O–H groups in total. The van der Waals surface area contributed by atoms with Gasteiger partial charge in [0.1, 0.15) is 6.26 Å². The first-order valence-electron chi connectivity index (χ1n) is 4.54. The van der Waals surface area contributed by atoms with Crippen LogP contribution in [0, 0.1) is 0 Å². The molecule has 0 atom stereocenters. The molecule has 1 amide bonds. The average molecular weight is 202 g/mol. The Morgan fingerprint density at radius 2 is 2.07 bits per heavy atom. The number of amides is 1. The number of rotatable bonds is 3. The first-order valence-corrected chi connectivity index (χ1v) is 4.54. The van der Waals surface area contributed by atoms with Crippen molar-refractivity contribution in [2.24, 2.45) is 5.73 Å². The SMILES string of the molecule is NC(=O)c1coc(Cc2ccccc2)n1. The second-order valence-electron chi connectivity index (χ2n) is 3.15. The van der Waals surface area contributed by atoms with E-state index in [0.717, 1.165) is 5.56 Å². The summed E-state index contributed by atoms with van der Waals surface area (Å²) >= 11 is 0. The van der Waals surface area contributed by atoms with Crippen molar-refractivity contribution in [3.8, 4) is 0 Å². The number of carbonyl (C=O) groups is 1. The van der Waals surface area contributed by atoms with Gasteiger partial charge in [0.15, 0.2) is 11.6 Å². The van der Waals surface area contributed by atoms with Crippen LogP contribution in [0.2, 0.25) is 0 Å². The molecule has 0 bridgehead atoms. The fraction of sp³-hybridized carbons (Fsp3) is 0.0909. The third kappa shape index (κ3) is 2.22. The molecule has 0 aliphatic heterocycles. The molecule has 0 spiro atoms. The molecule has 0 unspecified atom stereocenters. The molecule has 1 aromatic carbocycles. The Kier molecular flexibility index (Phi) is 2.49. The van der Waals surface area contributed by atoms with Crippen LogP contribution in [0.3, 0.4) is 0 Å². The number of primary amides is 1. The monoisotopic (exact) mass is 202 g/mol. The van der Waals surface area contributed by atoms with E-state index < -0.39 is 5.91 Å². The Morgan fingerprint density at radius 1 is 1.33 bits per heavy atom. The molecule has 0 saturated carbocycles. The van der Waals surface area contributed by atoms with Gasteiger partial charge in [-0.1, -0.05) is 30.3 Å². The summed E-state index contributed by atoms with van der Waals surface area (Å²) in [5, 5.41) is 0. The minimum absolute atomic E-state index is 0.168. The van der Waals surface area contributed by atoms with E-state index in [1.165, 1.54) is 6.26 Å². The number of carbonyl (C=O) groups excluding carboxylic acids is 1. The summed E-state index contributed by atoms with van der Waals surface area (Å²) in [7, 11) is 0. The third-order valence-electron chi connectivity index (χ3n) is 2.00. The van der Waals surface area contributed by atoms with Crippen LogP contribution in [-0.4, -0.2) is 10.9 Å². The van der Waals surface area contributed by atoms with Gasteiger partial charge in [-0.05, 0) is 5.56 Å². The molecule has 2 rings (SSSR count). The van der Waals surface area contributed by atoms with Crippen molar-refractivity contribution in [1.29, 1.82) is 0 Å². The molecule has 76 valence electrons. The van der Waals surface area contributed by atoms with E-state index in [4.69, 9.17) is 10.2 Å². The lowest BCUT2D eigenvalue weighted by Gasteiger charge is -1.94. The molecule has 0 aliphatic carbocycles. The molecule has 4 nitrogen and oxygen atoms in total. The maximum Gasteiger partial charge on any atom is 0.270 e. The highest BCUT2D eigenvalue weighted by atomic mass is 16.3. The van der Waals surface area contributed by atoms with Crippen LogP contribution in [0.5, 0.6) is 0 Å². The second-order valence-corrected chi connectivity index (χ2v) is 3.15. The number of hydrogen-bond donors (Lipinski definition) is 1. The lowest BCUT2D eigenvalue weighted by atomic mass is 10.1. The smallest absolute Gasteiger partial charge is 0.270 e. The van der Waals surface area contributed by atoms with Crippen molar-refractivity contribution in [1.82, 2.24) is 4.98 Å². The number of nitrogens with two attached hydrogens (primary N) is 1. The second kappa shape index (κ2) is 3.96. The van der Waals surface area contributed by atoms with E-state index in [-0.39, 0.29) is 5.69 Å². The summed E-state index contributed by atoms with van der Waals surface area (Å²) in [5.74, 6) is -0.0759. The highest BCUT2D eigenvalue weighted by Gasteiger charge is 2.08. The predicted molar refractivity (Wildman–Crippen MR) is 54.3 cm³/mol. The largest absolute Gasteiger partial charge is 0.448 e. The highest BCUT2D eigenvalue weighted by Crippen LogP contribution is 2.08. The Balaban J connectivity index is 2.15. The summed E-state index contributed by atoms with van der Waals surface area (Å²) in [6.45, 7) is 0. The van der Waals surface area contributed by atoms with Crippen molar-refractivity contribution >= 4 is 5.91 Å². The van der Waals surface area contributed by atoms with E-state index in [0.29, 0.717) is 12.3 Å². The third-order valence-corrected chi connectivity index (χ3v) is 2.00. The van der Waals surface area contributed by atoms with Gasteiger partial charge in [-0.15, -0.1) is 0 Å². The van der Waals surface area contributed by atoms with E-state index in [9.17, 15) is 4.79 Å². The lowest BCUT2D eigenvalue weighted by molar-refractivity contribution is 0.0995. The molecule has 4 heteroatoms. The van der Waals surface area contributed by atoms with Gasteiger partial charge in [-0.25, -0.2) is 4.98 Å². The maximum atomic E-state index is 10.8. The van der Waals surface area contributed by atoms with Crippen LogP contribution in [0.1, 0.15) is 21.9 Å². The summed E-state index contributed by atoms with van der Waals surface area (Å²) in [4.78, 5) is 14.7. The molecule has 0 aliphatic rings. The van der Waals surface area contributed by atoms with Gasteiger partial charge >= 0.3 is 0 Å². The molecule has 1 aromatic heterocycles. The maximum absolute atomic E-state index is 10.8. The molecule has 2 aromatic rings. The van der Waals surface area contributed by atoms with E-state index in [1.54, 1.807) is 0 Å². The number of oxazole rings is 1. The number of hydrogen-bond acceptors (Lipinski definition) is 3. The van der Waals surface area contributed by atoms with Crippen LogP contribution < -0.4 is 5.73 Å². The quantitative estimate of drug-likeness (QED) is 0.817. The van der Waals surface area contributed by atoms with Crippen molar-refractivity contribution in [2.45, 2.75) is 6.42 Å². The Hall–Kier alpha value is -2.10. The van der Waals surface area contributed by atoms with Crippen molar-refractivity contribution in [3.63, 3.8) is 0 Å². The fourth-order valence-corrected chi connectivity index (χ4v) is 1.28. The van der Waals surface area contributed by atoms with Gasteiger partial charge in [0.05, 0.1) is 0 Å². The van der Waals surface area contributed by atoms with Gasteiger partial charge in [0, 0.05) is 6.42 Å². The predicted octanol–water partition coefficient (Wildman–Crippen LogP) is 1.36. The first kappa shape index (κ1) is 9.45. The molecular formula is C11H10N2O2. The molecule has 0 radical (unpaired) electrons. The minimum atomic E-state index is -0.571. The van der Waals surface area contributed by atoms with E-state index in [1.807, 2.05) is 30.3 Å². The molecule has 0 fully saturated rings. The van der Waals surface area contributed by atoms with Crippen molar-refractivity contribution in [2.75, 3.05) is 0 Å². The van der Waals surface area contributed by atoms with Crippen LogP contribution >= 0.6 is 0 Å². The molecule has 0 saturated heterocycles. The minimum Gasteiger partial charge on any atom is -0.448 e. The topological polar surface area (TPSA) is 69.1 Å². The van der Waals surface area contributed by atoms with Gasteiger partial charge in [-0.3, -0.25) is 4.79 Å². The Labute approximate surface area is 86.7 Å². The van der Waals surface area contributed by atoms with E-state index in [2.05, 4.69) is 4.98 Å². The number of aromatic nitrogens is 1. The fourth-order valence-electron chi connectivity index (χ4n) is 1.28. The number of nitrogens with zero attached hydrogens (tertiary/aromatic N) is 1. The summed E-state index contributed by atoms with van der Waals surface area (Å²) in [6.07, 6.45) is 1.84. The Morgan fingerprint density at radius 3 is 2.67 bits per heavy atom. The van der Waals surface area contributed by atoms with Gasteiger partial charge < -0.3 is 10.2 Å². The van der Waals surface area contributed by atoms with Crippen molar-refractivity contribution < 1.29 is 9.21 Å². The highest BCUT2D eigenvalue weighted by molar-refractivity contribution is 5.90. The number of benzene rings is 1.